The van der Waals surface area contributed by atoms with Gasteiger partial charge in [-0.15, -0.1) is 0 Å². The minimum absolute atomic E-state index is 1.08. The summed E-state index contributed by atoms with van der Waals surface area (Å²) >= 11 is 0. The second-order valence-electron chi connectivity index (χ2n) is 3.46. The van der Waals surface area contributed by atoms with E-state index in [1.807, 2.05) is 0 Å². The summed E-state index contributed by atoms with van der Waals surface area (Å²) in [5.74, 6) is 0. The summed E-state index contributed by atoms with van der Waals surface area (Å²) in [5.41, 5.74) is 5.64. The molecule has 1 aromatic rings. The normalized spacial score (nSPS) is 17.5. The predicted octanol–water partition coefficient (Wildman–Crippen LogP) is 3.51. The maximum Gasteiger partial charge on any atom is -0.00879 e. The molecule has 0 saturated heterocycles. The lowest BCUT2D eigenvalue weighted by Crippen LogP contribution is -1.98. The van der Waals surface area contributed by atoms with E-state index >= 15 is 0 Å². The molecule has 13 heavy (non-hydrogen) atoms. The molecule has 0 heteroatoms. The molecular formula is C13H14. The van der Waals surface area contributed by atoms with E-state index in [-0.39, 0.29) is 0 Å². The first-order valence-corrected chi connectivity index (χ1v) is 4.74. The van der Waals surface area contributed by atoms with Crippen LogP contribution in [-0.4, -0.2) is 0 Å². The van der Waals surface area contributed by atoms with E-state index < -0.39 is 0 Å². The molecule has 0 atom stereocenters. The first-order valence-electron chi connectivity index (χ1n) is 4.74. The summed E-state index contributed by atoms with van der Waals surface area (Å²) in [5, 5.41) is 0. The fraction of sp³-hybridized carbons (Fsp3) is 0.231. The molecular weight excluding hydrogens is 156 g/mol. The van der Waals surface area contributed by atoms with E-state index in [1.54, 1.807) is 0 Å². The average molecular weight is 170 g/mol. The van der Waals surface area contributed by atoms with Gasteiger partial charge >= 0.3 is 0 Å². The van der Waals surface area contributed by atoms with Crippen LogP contribution >= 0.6 is 0 Å². The van der Waals surface area contributed by atoms with Gasteiger partial charge in [-0.25, -0.2) is 0 Å². The number of hydrogen-bond acceptors (Lipinski definition) is 0. The minimum Gasteiger partial charge on any atom is -0.0798 e. The van der Waals surface area contributed by atoms with Crippen LogP contribution in [-0.2, 0) is 6.42 Å². The summed E-state index contributed by atoms with van der Waals surface area (Å²) in [4.78, 5) is 0. The Morgan fingerprint density at radius 1 is 1.31 bits per heavy atom. The van der Waals surface area contributed by atoms with E-state index in [1.165, 1.54) is 22.3 Å². The monoisotopic (exact) mass is 170 g/mol. The molecule has 0 nitrogen and oxygen atoms in total. The average Bonchev–Trinajstić information content (AvgIpc) is 2.17. The number of aryl methyl sites for hydroxylation is 1. The first kappa shape index (κ1) is 8.31. The largest absolute Gasteiger partial charge is 0.0798 e. The summed E-state index contributed by atoms with van der Waals surface area (Å²) in [7, 11) is 0. The Kier molecular flexibility index (Phi) is 2.05. The van der Waals surface area contributed by atoms with E-state index in [0.29, 0.717) is 0 Å². The molecule has 0 N–H and O–H groups in total. The van der Waals surface area contributed by atoms with Crippen LogP contribution in [0.1, 0.15) is 23.6 Å². The van der Waals surface area contributed by atoms with Crippen LogP contribution in [0, 0.1) is 6.92 Å². The van der Waals surface area contributed by atoms with Crippen molar-refractivity contribution < 1.29 is 0 Å². The predicted molar refractivity (Wildman–Crippen MR) is 57.7 cm³/mol. The molecule has 0 bridgehead atoms. The van der Waals surface area contributed by atoms with Gasteiger partial charge in [0.05, 0.1) is 0 Å². The zero-order chi connectivity index (χ0) is 9.26. The zero-order valence-corrected chi connectivity index (χ0v) is 8.17. The molecule has 0 aliphatic heterocycles. The molecule has 2 rings (SSSR count). The molecule has 0 amide bonds. The van der Waals surface area contributed by atoms with Gasteiger partial charge in [0.25, 0.3) is 0 Å². The minimum atomic E-state index is 1.08. The molecule has 66 valence electrons. The van der Waals surface area contributed by atoms with E-state index in [0.717, 1.165) is 6.42 Å². The Morgan fingerprint density at radius 3 is 2.92 bits per heavy atom. The van der Waals surface area contributed by atoms with Crippen molar-refractivity contribution >= 4 is 5.57 Å². The smallest absolute Gasteiger partial charge is 0.00879 e. The SMILES string of the molecule is C/C=C1/C=CCc2cccc(C)c21. The molecule has 0 unspecified atom stereocenters. The van der Waals surface area contributed by atoms with Crippen molar-refractivity contribution in [3.63, 3.8) is 0 Å². The van der Waals surface area contributed by atoms with Crippen LogP contribution in [0.25, 0.3) is 5.57 Å². The summed E-state index contributed by atoms with van der Waals surface area (Å²) in [6.07, 6.45) is 7.71. The molecule has 0 heterocycles. The summed E-state index contributed by atoms with van der Waals surface area (Å²) in [6, 6.07) is 6.54. The lowest BCUT2D eigenvalue weighted by Gasteiger charge is -2.16. The van der Waals surface area contributed by atoms with Gasteiger partial charge in [-0.1, -0.05) is 36.4 Å². The maximum atomic E-state index is 2.23. The molecule has 0 radical (unpaired) electrons. The molecule has 1 aromatic carbocycles. The molecule has 0 fully saturated rings. The van der Waals surface area contributed by atoms with Crippen LogP contribution < -0.4 is 0 Å². The van der Waals surface area contributed by atoms with E-state index in [9.17, 15) is 0 Å². The van der Waals surface area contributed by atoms with Gasteiger partial charge in [0.2, 0.25) is 0 Å². The highest BCUT2D eigenvalue weighted by Gasteiger charge is 2.10. The fourth-order valence-corrected chi connectivity index (χ4v) is 1.95. The number of fused-ring (bicyclic) bond motifs is 1. The lowest BCUT2D eigenvalue weighted by molar-refractivity contribution is 1.20. The second kappa shape index (κ2) is 3.21. The van der Waals surface area contributed by atoms with E-state index in [2.05, 4.69) is 50.3 Å². The highest BCUT2D eigenvalue weighted by molar-refractivity contribution is 5.79. The third-order valence-electron chi connectivity index (χ3n) is 2.59. The van der Waals surface area contributed by atoms with Gasteiger partial charge < -0.3 is 0 Å². The topological polar surface area (TPSA) is 0 Å². The Bertz CT molecular complexity index is 381. The molecule has 0 aromatic heterocycles. The maximum absolute atomic E-state index is 2.23. The van der Waals surface area contributed by atoms with Crippen LogP contribution in [0.3, 0.4) is 0 Å². The Hall–Kier alpha value is -1.30. The lowest BCUT2D eigenvalue weighted by atomic mass is 9.89. The van der Waals surface area contributed by atoms with Gasteiger partial charge in [-0.2, -0.15) is 0 Å². The van der Waals surface area contributed by atoms with Crippen molar-refractivity contribution in [2.24, 2.45) is 0 Å². The van der Waals surface area contributed by atoms with Crippen LogP contribution in [0.4, 0.5) is 0 Å². The Balaban J connectivity index is 2.66. The van der Waals surface area contributed by atoms with Crippen LogP contribution in [0.15, 0.2) is 36.4 Å². The molecule has 0 saturated carbocycles. The van der Waals surface area contributed by atoms with Crippen molar-refractivity contribution in [2.45, 2.75) is 20.3 Å². The zero-order valence-electron chi connectivity index (χ0n) is 8.17. The van der Waals surface area contributed by atoms with Gasteiger partial charge in [0.1, 0.15) is 0 Å². The highest BCUT2D eigenvalue weighted by Crippen LogP contribution is 2.28. The number of rotatable bonds is 0. The van der Waals surface area contributed by atoms with Gasteiger partial charge in [0, 0.05) is 0 Å². The van der Waals surface area contributed by atoms with Crippen molar-refractivity contribution in [3.8, 4) is 0 Å². The van der Waals surface area contributed by atoms with Gasteiger partial charge in [0.15, 0.2) is 0 Å². The molecule has 0 spiro atoms. The summed E-state index contributed by atoms with van der Waals surface area (Å²) in [6.45, 7) is 4.28. The van der Waals surface area contributed by atoms with Crippen molar-refractivity contribution in [1.82, 2.24) is 0 Å². The molecule has 1 aliphatic carbocycles. The number of benzene rings is 1. The van der Waals surface area contributed by atoms with Crippen LogP contribution in [0.5, 0.6) is 0 Å². The third-order valence-corrected chi connectivity index (χ3v) is 2.59. The number of allylic oxidation sites excluding steroid dienone is 4. The molecule has 1 aliphatic rings. The van der Waals surface area contributed by atoms with Crippen molar-refractivity contribution in [1.29, 1.82) is 0 Å². The van der Waals surface area contributed by atoms with E-state index in [4.69, 9.17) is 0 Å². The van der Waals surface area contributed by atoms with Gasteiger partial charge in [-0.05, 0) is 42.5 Å². The highest BCUT2D eigenvalue weighted by atomic mass is 14.1. The Morgan fingerprint density at radius 2 is 2.15 bits per heavy atom. The summed E-state index contributed by atoms with van der Waals surface area (Å²) < 4.78 is 0. The second-order valence-corrected chi connectivity index (χ2v) is 3.46. The standard InChI is InChI=1S/C13H14/c1-3-11-7-5-9-12-8-4-6-10(2)13(11)12/h3-8H,9H2,1-2H3/b11-3-. The van der Waals surface area contributed by atoms with Crippen molar-refractivity contribution in [2.75, 3.05) is 0 Å². The van der Waals surface area contributed by atoms with Crippen LogP contribution in [0.2, 0.25) is 0 Å². The first-order chi connectivity index (χ1) is 6.33. The van der Waals surface area contributed by atoms with Crippen molar-refractivity contribution in [3.05, 3.63) is 53.1 Å². The Labute approximate surface area is 79.6 Å². The van der Waals surface area contributed by atoms with Gasteiger partial charge in [-0.3, -0.25) is 0 Å². The fourth-order valence-electron chi connectivity index (χ4n) is 1.95. The third kappa shape index (κ3) is 1.33. The quantitative estimate of drug-likeness (QED) is 0.559. The number of hydrogen-bond donors (Lipinski definition) is 0.